The van der Waals surface area contributed by atoms with Gasteiger partial charge in [-0.15, -0.1) is 0 Å². The minimum absolute atomic E-state index is 0.189. The second-order valence-corrected chi connectivity index (χ2v) is 5.57. The van der Waals surface area contributed by atoms with E-state index in [2.05, 4.69) is 3.56 Å². The molecule has 0 spiro atoms. The van der Waals surface area contributed by atoms with Crippen LogP contribution in [0.3, 0.4) is 0 Å². The van der Waals surface area contributed by atoms with Gasteiger partial charge >= 0.3 is 86.5 Å². The first-order valence-corrected chi connectivity index (χ1v) is 5.76. The van der Waals surface area contributed by atoms with E-state index in [4.69, 9.17) is 0 Å². The van der Waals surface area contributed by atoms with Crippen molar-refractivity contribution in [1.29, 1.82) is 0 Å². The number of hydrogen-bond acceptors (Lipinski definition) is 2. The van der Waals surface area contributed by atoms with Gasteiger partial charge in [0.05, 0.1) is 0 Å². The van der Waals surface area contributed by atoms with Crippen LogP contribution in [0.2, 0.25) is 0 Å². The first-order chi connectivity index (χ1) is 6.59. The molecule has 1 aromatic heterocycles. The number of fused-ring (bicyclic) bond motifs is 1. The van der Waals surface area contributed by atoms with Crippen LogP contribution < -0.4 is 3.56 Å². The molecule has 2 aromatic rings. The fraction of sp³-hybridized carbons (Fsp3) is 0.222. The summed E-state index contributed by atoms with van der Waals surface area (Å²) in [4.78, 5) is 10.2. The van der Waals surface area contributed by atoms with E-state index in [9.17, 15) is 10.1 Å². The van der Waals surface area contributed by atoms with Gasteiger partial charge in [-0.1, -0.05) is 0 Å². The summed E-state index contributed by atoms with van der Waals surface area (Å²) in [5.41, 5.74) is 1.39. The summed E-state index contributed by atoms with van der Waals surface area (Å²) in [5.74, 6) is 0. The van der Waals surface area contributed by atoms with Crippen molar-refractivity contribution in [3.05, 3.63) is 34.0 Å². The predicted molar refractivity (Wildman–Crippen MR) is 53.5 cm³/mol. The summed E-state index contributed by atoms with van der Waals surface area (Å²) in [6.07, 6.45) is 0. The SMILES string of the molecule is Cc1c2ccc([N+](=O)[O-])cc2[se][n+]1C. The van der Waals surface area contributed by atoms with Gasteiger partial charge in [0.2, 0.25) is 0 Å². The molecule has 4 nitrogen and oxygen atoms in total. The Morgan fingerprint density at radius 2 is 2.21 bits per heavy atom. The third-order valence-corrected chi connectivity index (χ3v) is 4.54. The van der Waals surface area contributed by atoms with E-state index in [1.807, 2.05) is 20.0 Å². The number of nitrogens with zero attached hydrogens (tertiary/aromatic N) is 2. The molecule has 0 fully saturated rings. The zero-order chi connectivity index (χ0) is 10.3. The van der Waals surface area contributed by atoms with Gasteiger partial charge in [-0.25, -0.2) is 0 Å². The molecule has 0 radical (unpaired) electrons. The Labute approximate surface area is 86.9 Å². The quantitative estimate of drug-likeness (QED) is 0.433. The van der Waals surface area contributed by atoms with Gasteiger partial charge < -0.3 is 0 Å². The normalized spacial score (nSPS) is 10.7. The fourth-order valence-electron chi connectivity index (χ4n) is 1.38. The van der Waals surface area contributed by atoms with Crippen molar-refractivity contribution in [2.45, 2.75) is 6.92 Å². The Morgan fingerprint density at radius 1 is 1.50 bits per heavy atom. The van der Waals surface area contributed by atoms with E-state index in [1.54, 1.807) is 12.1 Å². The summed E-state index contributed by atoms with van der Waals surface area (Å²) in [7, 11) is 2.02. The van der Waals surface area contributed by atoms with Crippen molar-refractivity contribution in [3.63, 3.8) is 0 Å². The number of nitro groups is 1. The molecule has 72 valence electrons. The van der Waals surface area contributed by atoms with Crippen LogP contribution in [0.15, 0.2) is 18.2 Å². The average Bonchev–Trinajstić information content (AvgIpc) is 2.42. The third-order valence-electron chi connectivity index (χ3n) is 2.27. The van der Waals surface area contributed by atoms with Crippen molar-refractivity contribution >= 4 is 30.1 Å². The summed E-state index contributed by atoms with van der Waals surface area (Å²) in [6.45, 7) is 2.04. The third kappa shape index (κ3) is 1.34. The molecule has 1 aromatic carbocycles. The van der Waals surface area contributed by atoms with Crippen LogP contribution in [0.1, 0.15) is 5.69 Å². The molecule has 0 aliphatic carbocycles. The molecule has 0 bridgehead atoms. The van der Waals surface area contributed by atoms with Gasteiger partial charge in [0.1, 0.15) is 0 Å². The van der Waals surface area contributed by atoms with Crippen LogP contribution in [-0.2, 0) is 7.05 Å². The topological polar surface area (TPSA) is 47.0 Å². The van der Waals surface area contributed by atoms with E-state index in [1.165, 1.54) is 5.69 Å². The number of rotatable bonds is 1. The van der Waals surface area contributed by atoms with E-state index >= 15 is 0 Å². The summed E-state index contributed by atoms with van der Waals surface area (Å²) >= 11 is 0.200. The van der Waals surface area contributed by atoms with Crippen molar-refractivity contribution in [2.75, 3.05) is 0 Å². The monoisotopic (exact) mass is 257 g/mol. The second-order valence-electron chi connectivity index (χ2n) is 3.11. The molecule has 0 N–H and O–H groups in total. The van der Waals surface area contributed by atoms with Crippen LogP contribution in [0, 0.1) is 17.0 Å². The molecule has 14 heavy (non-hydrogen) atoms. The summed E-state index contributed by atoms with van der Waals surface area (Å²) in [5, 5.41) is 11.7. The second kappa shape index (κ2) is 3.19. The van der Waals surface area contributed by atoms with E-state index in [0.717, 1.165) is 9.65 Å². The average molecular weight is 256 g/mol. The summed E-state index contributed by atoms with van der Waals surface area (Å²) in [6, 6.07) is 5.09. The molecule has 0 unspecified atom stereocenters. The Hall–Kier alpha value is -1.19. The molecular weight excluding hydrogens is 247 g/mol. The maximum absolute atomic E-state index is 10.6. The van der Waals surface area contributed by atoms with Crippen molar-refractivity contribution in [1.82, 2.24) is 0 Å². The van der Waals surface area contributed by atoms with Crippen molar-refractivity contribution < 1.29 is 8.49 Å². The number of benzene rings is 1. The Kier molecular flexibility index (Phi) is 2.13. The van der Waals surface area contributed by atoms with Gasteiger partial charge in [0, 0.05) is 0 Å². The number of aromatic nitrogens is 1. The molecule has 0 amide bonds. The molecule has 0 saturated carbocycles. The molecule has 0 atom stereocenters. The van der Waals surface area contributed by atoms with Crippen molar-refractivity contribution in [3.8, 4) is 0 Å². The molecule has 0 aliphatic heterocycles. The van der Waals surface area contributed by atoms with Gasteiger partial charge in [-0.05, 0) is 0 Å². The van der Waals surface area contributed by atoms with Gasteiger partial charge in [0.15, 0.2) is 0 Å². The molecule has 0 saturated heterocycles. The number of nitro benzene ring substituents is 1. The van der Waals surface area contributed by atoms with Crippen LogP contribution in [0.4, 0.5) is 5.69 Å². The van der Waals surface area contributed by atoms with Gasteiger partial charge in [0.25, 0.3) is 0 Å². The predicted octanol–water partition coefficient (Wildman–Crippen LogP) is 0.938. The van der Waals surface area contributed by atoms with Crippen LogP contribution in [-0.4, -0.2) is 19.7 Å². The number of non-ortho nitro benzene ring substituents is 1. The number of aryl methyl sites for hydroxylation is 2. The van der Waals surface area contributed by atoms with Crippen LogP contribution in [0.25, 0.3) is 9.65 Å². The van der Waals surface area contributed by atoms with Crippen molar-refractivity contribution in [2.24, 2.45) is 7.05 Å². The van der Waals surface area contributed by atoms with E-state index in [0.29, 0.717) is 0 Å². The zero-order valence-electron chi connectivity index (χ0n) is 7.85. The zero-order valence-corrected chi connectivity index (χ0v) is 9.56. The van der Waals surface area contributed by atoms with Gasteiger partial charge in [-0.3, -0.25) is 0 Å². The van der Waals surface area contributed by atoms with Gasteiger partial charge in [-0.2, -0.15) is 0 Å². The molecule has 2 rings (SSSR count). The number of hydrogen-bond donors (Lipinski definition) is 0. The van der Waals surface area contributed by atoms with Crippen LogP contribution in [0.5, 0.6) is 0 Å². The Morgan fingerprint density at radius 3 is 2.86 bits per heavy atom. The standard InChI is InChI=1S/C9H9N2O2Se/c1-6-8-4-3-7(11(12)13)5-9(8)14-10(6)2/h3-5H,1-2H3/q+1. The fourth-order valence-corrected chi connectivity index (χ4v) is 3.52. The van der Waals surface area contributed by atoms with E-state index < -0.39 is 0 Å². The maximum atomic E-state index is 10.6. The molecule has 1 heterocycles. The molecule has 5 heteroatoms. The first-order valence-electron chi connectivity index (χ1n) is 4.13. The summed E-state index contributed by atoms with van der Waals surface area (Å²) < 4.78 is 3.26. The first kappa shape index (κ1) is 9.37. The Bertz CT molecular complexity index is 519. The van der Waals surface area contributed by atoms with Crippen LogP contribution >= 0.6 is 0 Å². The van der Waals surface area contributed by atoms with E-state index in [-0.39, 0.29) is 25.3 Å². The molecular formula is C9H9N2O2Se+. The minimum atomic E-state index is -0.343. The molecule has 0 aliphatic rings. The Balaban J connectivity index is 2.73.